The highest BCUT2D eigenvalue weighted by molar-refractivity contribution is 4.97. The molecule has 2 saturated heterocycles. The van der Waals surface area contributed by atoms with Gasteiger partial charge in [-0.15, -0.1) is 0 Å². The first-order valence-corrected chi connectivity index (χ1v) is 4.20. The first-order chi connectivity index (χ1) is 4.81. The molecule has 2 rings (SSSR count). The van der Waals surface area contributed by atoms with E-state index in [1.165, 1.54) is 19.5 Å². The van der Waals surface area contributed by atoms with Gasteiger partial charge in [0, 0.05) is 19.1 Å². The number of likely N-dealkylation sites (tertiary alicyclic amines) is 1. The van der Waals surface area contributed by atoms with Gasteiger partial charge in [-0.3, -0.25) is 4.90 Å². The molecule has 0 aromatic heterocycles. The van der Waals surface area contributed by atoms with Gasteiger partial charge in [-0.05, 0) is 13.3 Å². The second-order valence-corrected chi connectivity index (χ2v) is 3.42. The maximum Gasteiger partial charge on any atom is 0.0981 e. The van der Waals surface area contributed by atoms with Crippen molar-refractivity contribution in [2.45, 2.75) is 38.5 Å². The van der Waals surface area contributed by atoms with Crippen LogP contribution in [0.1, 0.15) is 20.3 Å². The zero-order valence-electron chi connectivity index (χ0n) is 6.71. The fourth-order valence-electron chi connectivity index (χ4n) is 1.66. The van der Waals surface area contributed by atoms with E-state index in [1.54, 1.807) is 0 Å². The summed E-state index contributed by atoms with van der Waals surface area (Å²) in [6, 6.07) is 0.761. The molecule has 0 N–H and O–H groups in total. The van der Waals surface area contributed by atoms with Crippen molar-refractivity contribution in [2.24, 2.45) is 0 Å². The van der Waals surface area contributed by atoms with Gasteiger partial charge < -0.3 is 4.74 Å². The Kier molecular flexibility index (Phi) is 1.46. The van der Waals surface area contributed by atoms with Crippen LogP contribution in [-0.4, -0.2) is 36.2 Å². The number of nitrogens with zero attached hydrogens (tertiary/aromatic N) is 1. The van der Waals surface area contributed by atoms with Gasteiger partial charge in [-0.1, -0.05) is 6.92 Å². The summed E-state index contributed by atoms with van der Waals surface area (Å²) in [4.78, 5) is 2.53. The van der Waals surface area contributed by atoms with E-state index in [4.69, 9.17) is 4.74 Å². The Hall–Kier alpha value is -0.0800. The number of ether oxygens (including phenoxy) is 1. The molecule has 10 heavy (non-hydrogen) atoms. The lowest BCUT2D eigenvalue weighted by Crippen LogP contribution is -2.32. The maximum atomic E-state index is 5.34. The standard InChI is InChI=1S/C8H15NO/c1-3-6(2)9-4-7-8(5-9)10-7/h6-8H,3-5H2,1-2H3. The van der Waals surface area contributed by atoms with Gasteiger partial charge in [0.15, 0.2) is 0 Å². The van der Waals surface area contributed by atoms with Crippen LogP contribution in [0, 0.1) is 0 Å². The lowest BCUT2D eigenvalue weighted by molar-refractivity contribution is 0.161. The largest absolute Gasteiger partial charge is 0.367 e. The number of rotatable bonds is 2. The summed E-state index contributed by atoms with van der Waals surface area (Å²) in [6.45, 7) is 6.90. The van der Waals surface area contributed by atoms with Crippen LogP contribution < -0.4 is 0 Å². The van der Waals surface area contributed by atoms with Crippen molar-refractivity contribution in [3.05, 3.63) is 0 Å². The highest BCUT2D eigenvalue weighted by atomic mass is 16.6. The van der Waals surface area contributed by atoms with Crippen molar-refractivity contribution < 1.29 is 4.74 Å². The molecule has 58 valence electrons. The Morgan fingerprint density at radius 1 is 1.50 bits per heavy atom. The van der Waals surface area contributed by atoms with Gasteiger partial charge >= 0.3 is 0 Å². The smallest absolute Gasteiger partial charge is 0.0981 e. The van der Waals surface area contributed by atoms with Crippen molar-refractivity contribution in [1.29, 1.82) is 0 Å². The second-order valence-electron chi connectivity index (χ2n) is 3.42. The van der Waals surface area contributed by atoms with Crippen LogP contribution in [0.2, 0.25) is 0 Å². The van der Waals surface area contributed by atoms with Gasteiger partial charge in [0.1, 0.15) is 0 Å². The third-order valence-electron chi connectivity index (χ3n) is 2.73. The van der Waals surface area contributed by atoms with Gasteiger partial charge in [0.2, 0.25) is 0 Å². The summed E-state index contributed by atoms with van der Waals surface area (Å²) < 4.78 is 5.34. The van der Waals surface area contributed by atoms with E-state index in [0.717, 1.165) is 6.04 Å². The Labute approximate surface area is 62.2 Å². The van der Waals surface area contributed by atoms with Crippen molar-refractivity contribution in [3.8, 4) is 0 Å². The molecular formula is C8H15NO. The maximum absolute atomic E-state index is 5.34. The summed E-state index contributed by atoms with van der Waals surface area (Å²) in [5.74, 6) is 0. The minimum atomic E-state index is 0.606. The number of hydrogen-bond donors (Lipinski definition) is 0. The fourth-order valence-corrected chi connectivity index (χ4v) is 1.66. The predicted octanol–water partition coefficient (Wildman–Crippen LogP) is 0.868. The quantitative estimate of drug-likeness (QED) is 0.530. The number of epoxide rings is 1. The molecule has 2 heterocycles. The highest BCUT2D eigenvalue weighted by Crippen LogP contribution is 2.31. The zero-order chi connectivity index (χ0) is 7.14. The average molecular weight is 141 g/mol. The highest BCUT2D eigenvalue weighted by Gasteiger charge is 2.47. The van der Waals surface area contributed by atoms with Gasteiger partial charge in [0.05, 0.1) is 12.2 Å². The molecule has 0 radical (unpaired) electrons. The van der Waals surface area contributed by atoms with Gasteiger partial charge in [-0.25, -0.2) is 0 Å². The van der Waals surface area contributed by atoms with Crippen LogP contribution in [0.3, 0.4) is 0 Å². The van der Waals surface area contributed by atoms with E-state index < -0.39 is 0 Å². The monoisotopic (exact) mass is 141 g/mol. The van der Waals surface area contributed by atoms with Crippen LogP contribution in [0.15, 0.2) is 0 Å². The normalized spacial score (nSPS) is 41.4. The van der Waals surface area contributed by atoms with Crippen molar-refractivity contribution >= 4 is 0 Å². The Bertz CT molecular complexity index is 127. The topological polar surface area (TPSA) is 15.8 Å². The Balaban J connectivity index is 1.84. The summed E-state index contributed by atoms with van der Waals surface area (Å²) in [7, 11) is 0. The van der Waals surface area contributed by atoms with Crippen LogP contribution >= 0.6 is 0 Å². The zero-order valence-corrected chi connectivity index (χ0v) is 6.71. The molecule has 0 amide bonds. The predicted molar refractivity (Wildman–Crippen MR) is 40.0 cm³/mol. The van der Waals surface area contributed by atoms with Crippen LogP contribution in [0.5, 0.6) is 0 Å². The lowest BCUT2D eigenvalue weighted by atomic mass is 10.2. The number of hydrogen-bond acceptors (Lipinski definition) is 2. The molecular weight excluding hydrogens is 126 g/mol. The van der Waals surface area contributed by atoms with Crippen molar-refractivity contribution in [2.75, 3.05) is 13.1 Å². The molecule has 2 aliphatic rings. The van der Waals surface area contributed by atoms with Gasteiger partial charge in [-0.2, -0.15) is 0 Å². The Morgan fingerprint density at radius 2 is 2.10 bits per heavy atom. The van der Waals surface area contributed by atoms with E-state index >= 15 is 0 Å². The van der Waals surface area contributed by atoms with Crippen LogP contribution in [0.25, 0.3) is 0 Å². The molecule has 0 saturated carbocycles. The van der Waals surface area contributed by atoms with Crippen molar-refractivity contribution in [1.82, 2.24) is 4.90 Å². The summed E-state index contributed by atoms with van der Waals surface area (Å²) >= 11 is 0. The molecule has 0 aliphatic carbocycles. The third-order valence-corrected chi connectivity index (χ3v) is 2.73. The Morgan fingerprint density at radius 3 is 2.60 bits per heavy atom. The molecule has 0 aromatic rings. The number of morpholine rings is 1. The first kappa shape index (κ1) is 6.62. The molecule has 3 atom stereocenters. The molecule has 2 nitrogen and oxygen atoms in total. The average Bonchev–Trinajstić information content (AvgIpc) is 2.57. The van der Waals surface area contributed by atoms with E-state index in [1.807, 2.05) is 0 Å². The second kappa shape index (κ2) is 2.21. The minimum absolute atomic E-state index is 0.606. The summed E-state index contributed by atoms with van der Waals surface area (Å²) in [5, 5.41) is 0. The fraction of sp³-hybridized carbons (Fsp3) is 1.00. The molecule has 0 bridgehead atoms. The van der Waals surface area contributed by atoms with Crippen LogP contribution in [-0.2, 0) is 4.74 Å². The van der Waals surface area contributed by atoms with Crippen LogP contribution in [0.4, 0.5) is 0 Å². The van der Waals surface area contributed by atoms with Crippen molar-refractivity contribution in [3.63, 3.8) is 0 Å². The molecule has 0 spiro atoms. The summed E-state index contributed by atoms with van der Waals surface area (Å²) in [6.07, 6.45) is 2.47. The van der Waals surface area contributed by atoms with E-state index in [2.05, 4.69) is 18.7 Å². The summed E-state index contributed by atoms with van der Waals surface area (Å²) in [5.41, 5.74) is 0. The third kappa shape index (κ3) is 0.956. The van der Waals surface area contributed by atoms with E-state index in [9.17, 15) is 0 Å². The lowest BCUT2D eigenvalue weighted by Gasteiger charge is -2.23. The molecule has 3 unspecified atom stereocenters. The molecule has 2 heteroatoms. The molecule has 0 aromatic carbocycles. The molecule has 2 fully saturated rings. The molecule has 2 aliphatic heterocycles. The van der Waals surface area contributed by atoms with E-state index in [0.29, 0.717) is 12.2 Å². The minimum Gasteiger partial charge on any atom is -0.367 e. The van der Waals surface area contributed by atoms with Gasteiger partial charge in [0.25, 0.3) is 0 Å². The SMILES string of the molecule is CCC(C)N1CC2OC2C1. The number of fused-ring (bicyclic) bond motifs is 1. The van der Waals surface area contributed by atoms with E-state index in [-0.39, 0.29) is 0 Å². The first-order valence-electron chi connectivity index (χ1n) is 4.20.